The Morgan fingerprint density at radius 1 is 1.15 bits per heavy atom. The molecule has 0 aromatic heterocycles. The molecular formula is C16H14N2O2. The molecular weight excluding hydrogens is 252 g/mol. The van der Waals surface area contributed by atoms with E-state index < -0.39 is 12.1 Å². The average molecular weight is 266 g/mol. The van der Waals surface area contributed by atoms with Gasteiger partial charge in [-0.25, -0.2) is 4.79 Å². The fraction of sp³-hybridized carbons (Fsp3) is 0.125. The summed E-state index contributed by atoms with van der Waals surface area (Å²) in [5.74, 6) is -0.317. The second-order valence-corrected chi connectivity index (χ2v) is 4.87. The molecule has 0 saturated carbocycles. The molecule has 3 amide bonds. The number of amides is 3. The number of nitrogens with one attached hydrogen (secondary N) is 2. The summed E-state index contributed by atoms with van der Waals surface area (Å²) in [6, 6.07) is 11.2. The molecule has 0 bridgehead atoms. The van der Waals surface area contributed by atoms with E-state index in [4.69, 9.17) is 0 Å². The molecule has 4 nitrogen and oxygen atoms in total. The quantitative estimate of drug-likeness (QED) is 0.820. The zero-order chi connectivity index (χ0) is 14.1. The van der Waals surface area contributed by atoms with E-state index in [0.29, 0.717) is 0 Å². The van der Waals surface area contributed by atoms with E-state index in [0.717, 1.165) is 16.3 Å². The highest BCUT2D eigenvalue weighted by atomic mass is 16.2. The number of urea groups is 1. The zero-order valence-electron chi connectivity index (χ0n) is 11.0. The van der Waals surface area contributed by atoms with Crippen molar-refractivity contribution in [3.05, 3.63) is 53.6 Å². The number of aryl methyl sites for hydroxylation is 1. The first-order valence-corrected chi connectivity index (χ1v) is 6.42. The Morgan fingerprint density at radius 3 is 2.75 bits per heavy atom. The zero-order valence-corrected chi connectivity index (χ0v) is 11.0. The second kappa shape index (κ2) is 4.81. The molecule has 0 radical (unpaired) electrons. The molecule has 0 spiro atoms. The van der Waals surface area contributed by atoms with Gasteiger partial charge in [0.1, 0.15) is 6.04 Å². The maximum absolute atomic E-state index is 11.5. The lowest BCUT2D eigenvalue weighted by Crippen LogP contribution is -2.26. The third kappa shape index (κ3) is 2.28. The van der Waals surface area contributed by atoms with Gasteiger partial charge in [-0.15, -0.1) is 0 Å². The molecule has 1 atom stereocenters. The number of carbonyl (C=O) groups is 2. The van der Waals surface area contributed by atoms with Crippen molar-refractivity contribution in [3.63, 3.8) is 0 Å². The fourth-order valence-electron chi connectivity index (χ4n) is 2.34. The smallest absolute Gasteiger partial charge is 0.322 e. The Labute approximate surface area is 116 Å². The molecule has 3 rings (SSSR count). The van der Waals surface area contributed by atoms with Crippen LogP contribution in [0.15, 0.2) is 42.5 Å². The van der Waals surface area contributed by atoms with Crippen LogP contribution in [0.2, 0.25) is 0 Å². The van der Waals surface area contributed by atoms with Gasteiger partial charge in [0.05, 0.1) is 0 Å². The van der Waals surface area contributed by atoms with Crippen LogP contribution in [0.25, 0.3) is 16.8 Å². The molecule has 1 fully saturated rings. The second-order valence-electron chi connectivity index (χ2n) is 4.87. The Kier molecular flexibility index (Phi) is 2.99. The van der Waals surface area contributed by atoms with Crippen molar-refractivity contribution in [3.8, 4) is 0 Å². The van der Waals surface area contributed by atoms with Crippen LogP contribution in [-0.2, 0) is 4.79 Å². The molecule has 2 aromatic carbocycles. The molecule has 1 heterocycles. The maximum atomic E-state index is 11.5. The molecule has 1 saturated heterocycles. The van der Waals surface area contributed by atoms with Crippen LogP contribution < -0.4 is 10.6 Å². The third-order valence-corrected chi connectivity index (χ3v) is 3.34. The van der Waals surface area contributed by atoms with Gasteiger partial charge in [0.15, 0.2) is 0 Å². The topological polar surface area (TPSA) is 58.2 Å². The van der Waals surface area contributed by atoms with E-state index in [1.165, 1.54) is 5.56 Å². The summed E-state index contributed by atoms with van der Waals surface area (Å²) in [4.78, 5) is 22.5. The van der Waals surface area contributed by atoms with E-state index >= 15 is 0 Å². The highest BCUT2D eigenvalue weighted by Crippen LogP contribution is 2.21. The summed E-state index contributed by atoms with van der Waals surface area (Å²) >= 11 is 0. The summed E-state index contributed by atoms with van der Waals surface area (Å²) in [6.45, 7) is 2.06. The molecule has 1 unspecified atom stereocenters. The van der Waals surface area contributed by atoms with Crippen molar-refractivity contribution in [1.29, 1.82) is 0 Å². The molecule has 4 heteroatoms. The van der Waals surface area contributed by atoms with Gasteiger partial charge in [-0.3, -0.25) is 10.1 Å². The number of hydrogen-bond acceptors (Lipinski definition) is 2. The molecule has 2 N–H and O–H groups in total. The molecule has 2 aromatic rings. The van der Waals surface area contributed by atoms with Crippen LogP contribution in [0.4, 0.5) is 4.79 Å². The first-order chi connectivity index (χ1) is 9.63. The SMILES string of the molecule is Cc1ccc2c(/C=C/C3NC(=O)NC3=O)cccc2c1. The van der Waals surface area contributed by atoms with E-state index in [9.17, 15) is 9.59 Å². The summed E-state index contributed by atoms with van der Waals surface area (Å²) in [6.07, 6.45) is 3.57. The van der Waals surface area contributed by atoms with Gasteiger partial charge >= 0.3 is 6.03 Å². The molecule has 1 aliphatic rings. The van der Waals surface area contributed by atoms with Crippen LogP contribution in [0, 0.1) is 6.92 Å². The summed E-state index contributed by atoms with van der Waals surface area (Å²) in [5.41, 5.74) is 2.23. The monoisotopic (exact) mass is 266 g/mol. The number of fused-ring (bicyclic) bond motifs is 1. The molecule has 100 valence electrons. The minimum atomic E-state index is -0.594. The number of carbonyl (C=O) groups excluding carboxylic acids is 2. The number of imide groups is 1. The lowest BCUT2D eigenvalue weighted by atomic mass is 10.0. The normalized spacial score (nSPS) is 18.6. The number of hydrogen-bond donors (Lipinski definition) is 2. The van der Waals surface area contributed by atoms with Crippen LogP contribution >= 0.6 is 0 Å². The van der Waals surface area contributed by atoms with E-state index in [1.807, 2.05) is 18.2 Å². The Hall–Kier alpha value is -2.62. The predicted molar refractivity (Wildman–Crippen MR) is 78.2 cm³/mol. The Balaban J connectivity index is 1.95. The van der Waals surface area contributed by atoms with Gasteiger partial charge in [-0.05, 0) is 23.3 Å². The summed E-state index contributed by atoms with van der Waals surface area (Å²) in [7, 11) is 0. The Morgan fingerprint density at radius 2 is 2.00 bits per heavy atom. The van der Waals surface area contributed by atoms with E-state index in [-0.39, 0.29) is 5.91 Å². The van der Waals surface area contributed by atoms with Gasteiger partial charge in [0, 0.05) is 0 Å². The first-order valence-electron chi connectivity index (χ1n) is 6.42. The van der Waals surface area contributed by atoms with E-state index in [2.05, 4.69) is 41.8 Å². The minimum absolute atomic E-state index is 0.317. The van der Waals surface area contributed by atoms with Crippen molar-refractivity contribution in [1.82, 2.24) is 10.6 Å². The highest BCUT2D eigenvalue weighted by molar-refractivity contribution is 6.05. The fourth-order valence-corrected chi connectivity index (χ4v) is 2.34. The van der Waals surface area contributed by atoms with Gasteiger partial charge in [-0.2, -0.15) is 0 Å². The molecule has 20 heavy (non-hydrogen) atoms. The predicted octanol–water partition coefficient (Wildman–Crippen LogP) is 2.37. The van der Waals surface area contributed by atoms with E-state index in [1.54, 1.807) is 6.08 Å². The molecule has 0 aliphatic carbocycles. The lowest BCUT2D eigenvalue weighted by Gasteiger charge is -2.04. The first kappa shape index (κ1) is 12.4. The van der Waals surface area contributed by atoms with Gasteiger partial charge in [0.25, 0.3) is 5.91 Å². The number of rotatable bonds is 2. The van der Waals surface area contributed by atoms with Gasteiger partial charge < -0.3 is 5.32 Å². The summed E-state index contributed by atoms with van der Waals surface area (Å²) in [5, 5.41) is 7.04. The Bertz CT molecular complexity index is 734. The van der Waals surface area contributed by atoms with Crippen LogP contribution in [-0.4, -0.2) is 18.0 Å². The van der Waals surface area contributed by atoms with Crippen molar-refractivity contribution in [2.24, 2.45) is 0 Å². The minimum Gasteiger partial charge on any atom is -0.322 e. The third-order valence-electron chi connectivity index (χ3n) is 3.34. The van der Waals surface area contributed by atoms with Crippen molar-refractivity contribution < 1.29 is 9.59 Å². The van der Waals surface area contributed by atoms with Gasteiger partial charge in [-0.1, -0.05) is 54.1 Å². The highest BCUT2D eigenvalue weighted by Gasteiger charge is 2.26. The largest absolute Gasteiger partial charge is 0.322 e. The molecule has 1 aliphatic heterocycles. The number of benzene rings is 2. The lowest BCUT2D eigenvalue weighted by molar-refractivity contribution is -0.119. The standard InChI is InChI=1S/C16H14N2O2/c1-10-5-7-13-11(3-2-4-12(13)9-10)6-8-14-15(19)18-16(20)17-14/h2-9,14H,1H3,(H2,17,18,19,20)/b8-6+. The van der Waals surface area contributed by atoms with Crippen molar-refractivity contribution in [2.75, 3.05) is 0 Å². The van der Waals surface area contributed by atoms with Crippen LogP contribution in [0.1, 0.15) is 11.1 Å². The van der Waals surface area contributed by atoms with Gasteiger partial charge in [0.2, 0.25) is 0 Å². The summed E-state index contributed by atoms with van der Waals surface area (Å²) < 4.78 is 0. The maximum Gasteiger partial charge on any atom is 0.322 e. The van der Waals surface area contributed by atoms with Crippen LogP contribution in [0.3, 0.4) is 0 Å². The van der Waals surface area contributed by atoms with Crippen molar-refractivity contribution in [2.45, 2.75) is 13.0 Å². The van der Waals surface area contributed by atoms with Crippen LogP contribution in [0.5, 0.6) is 0 Å². The van der Waals surface area contributed by atoms with Crippen molar-refractivity contribution >= 4 is 28.8 Å². The average Bonchev–Trinajstić information content (AvgIpc) is 2.74.